The molecule has 0 aliphatic carbocycles. The highest BCUT2D eigenvalue weighted by atomic mass is 79.9. The first-order valence-electron chi connectivity index (χ1n) is 8.18. The van der Waals surface area contributed by atoms with Crippen LogP contribution in [0.2, 0.25) is 0 Å². The van der Waals surface area contributed by atoms with Crippen molar-refractivity contribution in [2.45, 2.75) is 18.6 Å². The van der Waals surface area contributed by atoms with Gasteiger partial charge in [0, 0.05) is 30.3 Å². The first kappa shape index (κ1) is 19.9. The monoisotopic (exact) mass is 458 g/mol. The van der Waals surface area contributed by atoms with E-state index in [0.29, 0.717) is 13.0 Å². The van der Waals surface area contributed by atoms with Crippen molar-refractivity contribution in [2.75, 3.05) is 11.9 Å². The molecule has 1 aromatic carbocycles. The number of hydrogen-bond acceptors (Lipinski definition) is 4. The van der Waals surface area contributed by atoms with E-state index >= 15 is 0 Å². The summed E-state index contributed by atoms with van der Waals surface area (Å²) < 4.78 is 40.8. The lowest BCUT2D eigenvalue weighted by Gasteiger charge is -2.17. The van der Waals surface area contributed by atoms with Gasteiger partial charge in [-0.15, -0.1) is 11.3 Å². The van der Waals surface area contributed by atoms with Gasteiger partial charge in [0.05, 0.1) is 21.1 Å². The normalized spacial score (nSPS) is 13.0. The van der Waals surface area contributed by atoms with Gasteiger partial charge >= 0.3 is 6.18 Å². The summed E-state index contributed by atoms with van der Waals surface area (Å²) in [5, 5.41) is 8.49. The molecule has 9 heteroatoms. The third-order valence-electron chi connectivity index (χ3n) is 4.13. The highest BCUT2D eigenvalue weighted by Crippen LogP contribution is 2.39. The van der Waals surface area contributed by atoms with Crippen LogP contribution in [0.5, 0.6) is 0 Å². The maximum absolute atomic E-state index is 12.7. The molecule has 27 heavy (non-hydrogen) atoms. The van der Waals surface area contributed by atoms with Gasteiger partial charge in [0.25, 0.3) is 0 Å². The number of hydrogen-bond donors (Lipinski definition) is 2. The lowest BCUT2D eigenvalue weighted by Crippen LogP contribution is -2.30. The van der Waals surface area contributed by atoms with Gasteiger partial charge in [0.15, 0.2) is 0 Å². The largest absolute Gasteiger partial charge is 0.416 e. The van der Waals surface area contributed by atoms with Gasteiger partial charge in [0.2, 0.25) is 0 Å². The van der Waals surface area contributed by atoms with Crippen molar-refractivity contribution in [3.05, 3.63) is 58.2 Å². The van der Waals surface area contributed by atoms with Gasteiger partial charge in [-0.05, 0) is 52.2 Å². The zero-order chi connectivity index (χ0) is 19.6. The minimum atomic E-state index is -4.32. The van der Waals surface area contributed by atoms with Gasteiger partial charge in [0.1, 0.15) is 0 Å². The van der Waals surface area contributed by atoms with E-state index in [0.717, 1.165) is 37.7 Å². The van der Waals surface area contributed by atoms with E-state index in [2.05, 4.69) is 26.3 Å². The Balaban J connectivity index is 1.71. The molecule has 0 spiro atoms. The molecule has 0 aliphatic rings. The molecule has 0 amide bonds. The van der Waals surface area contributed by atoms with Crippen LogP contribution in [0, 0.1) is 0 Å². The lowest BCUT2D eigenvalue weighted by atomic mass is 10.0. The maximum Gasteiger partial charge on any atom is 0.416 e. The Morgan fingerprint density at radius 1 is 1.26 bits per heavy atom. The van der Waals surface area contributed by atoms with Crippen LogP contribution in [0.25, 0.3) is 10.6 Å². The first-order valence-corrected chi connectivity index (χ1v) is 9.79. The Kier molecular flexibility index (Phi) is 5.92. The summed E-state index contributed by atoms with van der Waals surface area (Å²) in [4.78, 5) is 1.04. The van der Waals surface area contributed by atoms with Gasteiger partial charge in [-0.3, -0.25) is 4.68 Å². The second kappa shape index (κ2) is 8.04. The van der Waals surface area contributed by atoms with Gasteiger partial charge in [-0.25, -0.2) is 0 Å². The van der Waals surface area contributed by atoms with E-state index in [1.54, 1.807) is 22.2 Å². The van der Waals surface area contributed by atoms with Crippen LogP contribution < -0.4 is 11.1 Å². The lowest BCUT2D eigenvalue weighted by molar-refractivity contribution is -0.137. The summed E-state index contributed by atoms with van der Waals surface area (Å²) in [6.07, 6.45) is -2.05. The second-order valence-corrected chi connectivity index (χ2v) is 8.01. The van der Waals surface area contributed by atoms with Crippen LogP contribution in [0.15, 0.2) is 47.1 Å². The summed E-state index contributed by atoms with van der Waals surface area (Å²) >= 11 is 5.14. The molecule has 0 fully saturated rings. The first-order chi connectivity index (χ1) is 12.8. The molecule has 0 aliphatic heterocycles. The fourth-order valence-corrected chi connectivity index (χ4v) is 4.63. The molecule has 0 saturated carbocycles. The fraction of sp³-hybridized carbons (Fsp3) is 0.278. The van der Waals surface area contributed by atoms with Gasteiger partial charge < -0.3 is 11.1 Å². The van der Waals surface area contributed by atoms with E-state index in [4.69, 9.17) is 5.73 Å². The molecular formula is C18H18BrF3N4S. The predicted molar refractivity (Wildman–Crippen MR) is 106 cm³/mol. The quantitative estimate of drug-likeness (QED) is 0.551. The Labute approximate surface area is 167 Å². The Hall–Kier alpha value is -1.84. The molecule has 2 aromatic heterocycles. The second-order valence-electron chi connectivity index (χ2n) is 6.10. The summed E-state index contributed by atoms with van der Waals surface area (Å²) in [5.41, 5.74) is 7.01. The number of anilines is 1. The van der Waals surface area contributed by atoms with Crippen LogP contribution in [0.1, 0.15) is 11.1 Å². The van der Waals surface area contributed by atoms with Crippen LogP contribution in [-0.2, 0) is 19.6 Å². The number of aryl methyl sites for hydroxylation is 1. The van der Waals surface area contributed by atoms with Crippen molar-refractivity contribution in [1.29, 1.82) is 0 Å². The Morgan fingerprint density at radius 3 is 2.52 bits per heavy atom. The molecule has 1 atom stereocenters. The number of alkyl halides is 3. The molecule has 3 N–H and O–H groups in total. The van der Waals surface area contributed by atoms with E-state index in [1.807, 2.05) is 19.2 Å². The molecule has 4 nitrogen and oxygen atoms in total. The smallest absolute Gasteiger partial charge is 0.373 e. The summed E-state index contributed by atoms with van der Waals surface area (Å²) in [5.74, 6) is 0. The summed E-state index contributed by atoms with van der Waals surface area (Å²) in [6.45, 7) is 0.359. The number of nitrogens with two attached hydrogens (primary N) is 1. The number of halogens is 4. The molecule has 0 unspecified atom stereocenters. The van der Waals surface area contributed by atoms with E-state index in [9.17, 15) is 13.2 Å². The topological polar surface area (TPSA) is 55.9 Å². The van der Waals surface area contributed by atoms with Crippen LogP contribution >= 0.6 is 27.3 Å². The SMILES string of the molecule is Cn1nccc1-c1sc(N[C@H](CN)Cc2ccc(C(F)(F)F)cc2)cc1Br. The van der Waals surface area contributed by atoms with Crippen LogP contribution in [0.4, 0.5) is 18.2 Å². The van der Waals surface area contributed by atoms with Crippen LogP contribution in [0.3, 0.4) is 0 Å². The maximum atomic E-state index is 12.7. The van der Waals surface area contributed by atoms with Crippen molar-refractivity contribution in [3.8, 4) is 10.6 Å². The van der Waals surface area contributed by atoms with E-state index in [-0.39, 0.29) is 6.04 Å². The number of thiophene rings is 1. The zero-order valence-corrected chi connectivity index (χ0v) is 16.8. The highest BCUT2D eigenvalue weighted by Gasteiger charge is 2.30. The molecule has 2 heterocycles. The zero-order valence-electron chi connectivity index (χ0n) is 14.4. The standard InChI is InChI=1S/C18H18BrF3N4S/c1-26-15(6-7-24-26)17-14(19)9-16(27-17)25-13(10-23)8-11-2-4-12(5-3-11)18(20,21)22/h2-7,9,13,25H,8,10,23H2,1H3/t13-/m0/s1. The Bertz CT molecular complexity index is 902. The van der Waals surface area contributed by atoms with Gasteiger partial charge in [-0.1, -0.05) is 12.1 Å². The van der Waals surface area contributed by atoms with Crippen molar-refractivity contribution in [2.24, 2.45) is 12.8 Å². The fourth-order valence-electron chi connectivity index (χ4n) is 2.72. The third-order valence-corrected chi connectivity index (χ3v) is 6.11. The molecule has 3 rings (SSSR count). The average Bonchev–Trinajstić information content (AvgIpc) is 3.19. The third kappa shape index (κ3) is 4.72. The van der Waals surface area contributed by atoms with Crippen molar-refractivity contribution in [1.82, 2.24) is 9.78 Å². The van der Waals surface area contributed by atoms with Gasteiger partial charge in [-0.2, -0.15) is 18.3 Å². The molecule has 0 bridgehead atoms. The molecule has 0 saturated heterocycles. The predicted octanol–water partition coefficient (Wildman–Crippen LogP) is 4.91. The molecule has 144 valence electrons. The minimum Gasteiger partial charge on any atom is -0.373 e. The van der Waals surface area contributed by atoms with Crippen molar-refractivity contribution in [3.63, 3.8) is 0 Å². The van der Waals surface area contributed by atoms with Crippen molar-refractivity contribution >= 4 is 32.3 Å². The van der Waals surface area contributed by atoms with E-state index < -0.39 is 11.7 Å². The Morgan fingerprint density at radius 2 is 1.96 bits per heavy atom. The average molecular weight is 459 g/mol. The summed E-state index contributed by atoms with van der Waals surface area (Å²) in [7, 11) is 1.88. The molecule has 0 radical (unpaired) electrons. The number of nitrogens with one attached hydrogen (secondary N) is 1. The highest BCUT2D eigenvalue weighted by molar-refractivity contribution is 9.10. The number of aromatic nitrogens is 2. The summed E-state index contributed by atoms with van der Waals surface area (Å²) in [6, 6.07) is 9.02. The molecular weight excluding hydrogens is 441 g/mol. The molecule has 3 aromatic rings. The number of rotatable bonds is 6. The van der Waals surface area contributed by atoms with Crippen LogP contribution in [-0.4, -0.2) is 22.4 Å². The van der Waals surface area contributed by atoms with Crippen molar-refractivity contribution < 1.29 is 13.2 Å². The number of nitrogens with zero attached hydrogens (tertiary/aromatic N) is 2. The minimum absolute atomic E-state index is 0.0910. The number of benzene rings is 1. The van der Waals surface area contributed by atoms with E-state index in [1.165, 1.54) is 12.1 Å².